The molecule has 2 rings (SSSR count). The summed E-state index contributed by atoms with van der Waals surface area (Å²) in [5, 5.41) is 12.1. The minimum atomic E-state index is -0.616. The average Bonchev–Trinajstić information content (AvgIpc) is 2.32. The maximum absolute atomic E-state index is 13.0. The van der Waals surface area contributed by atoms with E-state index in [0.29, 0.717) is 12.2 Å². The molecular formula is C12H14FNO2. The number of phenols is 1. The molecule has 86 valence electrons. The van der Waals surface area contributed by atoms with E-state index < -0.39 is 5.82 Å². The van der Waals surface area contributed by atoms with Gasteiger partial charge in [0.15, 0.2) is 11.6 Å². The van der Waals surface area contributed by atoms with Gasteiger partial charge in [-0.1, -0.05) is 0 Å². The second kappa shape index (κ2) is 4.88. The Morgan fingerprint density at radius 3 is 3.06 bits per heavy atom. The molecule has 0 radical (unpaired) electrons. The molecule has 1 atom stereocenters. The second-order valence-corrected chi connectivity index (χ2v) is 3.75. The van der Waals surface area contributed by atoms with E-state index in [2.05, 4.69) is 5.32 Å². The predicted molar refractivity (Wildman–Crippen MR) is 59.8 cm³/mol. The Bertz CT molecular complexity index is 393. The monoisotopic (exact) mass is 223 g/mol. The van der Waals surface area contributed by atoms with Crippen LogP contribution in [0.4, 0.5) is 10.1 Å². The highest BCUT2D eigenvalue weighted by Crippen LogP contribution is 2.20. The zero-order valence-corrected chi connectivity index (χ0v) is 8.82. The van der Waals surface area contributed by atoms with Crippen LogP contribution in [-0.2, 0) is 4.74 Å². The number of halogens is 1. The van der Waals surface area contributed by atoms with Crippen LogP contribution in [0.1, 0.15) is 12.8 Å². The second-order valence-electron chi connectivity index (χ2n) is 3.75. The Kier molecular flexibility index (Phi) is 3.29. The summed E-state index contributed by atoms with van der Waals surface area (Å²) in [7, 11) is 0. The molecule has 0 saturated carbocycles. The number of allylic oxidation sites excluding steroid dienone is 1. The van der Waals surface area contributed by atoms with E-state index in [1.807, 2.05) is 6.08 Å². The quantitative estimate of drug-likeness (QED) is 0.774. The lowest BCUT2D eigenvalue weighted by Crippen LogP contribution is -2.22. The van der Waals surface area contributed by atoms with Crippen LogP contribution in [0.15, 0.2) is 30.5 Å². The van der Waals surface area contributed by atoms with Crippen molar-refractivity contribution in [2.45, 2.75) is 18.9 Å². The van der Waals surface area contributed by atoms with Gasteiger partial charge in [0.2, 0.25) is 0 Å². The first-order valence-corrected chi connectivity index (χ1v) is 5.28. The lowest BCUT2D eigenvalue weighted by molar-refractivity contribution is 0.135. The number of hydrogen-bond donors (Lipinski definition) is 2. The number of rotatable bonds is 3. The van der Waals surface area contributed by atoms with Gasteiger partial charge < -0.3 is 15.2 Å². The molecule has 1 aliphatic heterocycles. The van der Waals surface area contributed by atoms with Crippen molar-refractivity contribution in [2.75, 3.05) is 11.9 Å². The summed E-state index contributed by atoms with van der Waals surface area (Å²) in [4.78, 5) is 0. The van der Waals surface area contributed by atoms with Gasteiger partial charge in [0.1, 0.15) is 6.10 Å². The Balaban J connectivity index is 1.89. The summed E-state index contributed by atoms with van der Waals surface area (Å²) in [5.74, 6) is -0.947. The lowest BCUT2D eigenvalue weighted by atomic mass is 10.1. The molecule has 1 aliphatic rings. The maximum Gasteiger partial charge on any atom is 0.166 e. The number of nitrogens with one attached hydrogen (secondary N) is 1. The van der Waals surface area contributed by atoms with Crippen LogP contribution in [0.5, 0.6) is 5.75 Å². The molecule has 0 bridgehead atoms. The predicted octanol–water partition coefficient (Wildman–Crippen LogP) is 2.64. The number of phenolic OH excluding ortho intramolecular Hbond substituents is 1. The highest BCUT2D eigenvalue weighted by atomic mass is 19.1. The van der Waals surface area contributed by atoms with Crippen LogP contribution in [0, 0.1) is 5.82 Å². The van der Waals surface area contributed by atoms with Gasteiger partial charge in [-0.15, -0.1) is 0 Å². The summed E-state index contributed by atoms with van der Waals surface area (Å²) in [6.07, 6.45) is 5.78. The van der Waals surface area contributed by atoms with Crippen LogP contribution >= 0.6 is 0 Å². The number of aromatic hydroxyl groups is 1. The molecule has 0 spiro atoms. The summed E-state index contributed by atoms with van der Waals surface area (Å²) in [6, 6.07) is 4.24. The molecule has 1 aromatic carbocycles. The first-order valence-electron chi connectivity index (χ1n) is 5.28. The smallest absolute Gasteiger partial charge is 0.166 e. The Morgan fingerprint density at radius 1 is 1.50 bits per heavy atom. The van der Waals surface area contributed by atoms with Gasteiger partial charge in [0.25, 0.3) is 0 Å². The number of benzene rings is 1. The summed E-state index contributed by atoms with van der Waals surface area (Å²) in [6.45, 7) is 0.633. The van der Waals surface area contributed by atoms with E-state index >= 15 is 0 Å². The summed E-state index contributed by atoms with van der Waals surface area (Å²) in [5.41, 5.74) is 0.647. The van der Waals surface area contributed by atoms with Gasteiger partial charge in [-0.2, -0.15) is 0 Å². The molecule has 3 nitrogen and oxygen atoms in total. The third kappa shape index (κ3) is 2.66. The van der Waals surface area contributed by atoms with Crippen LogP contribution in [0.25, 0.3) is 0 Å². The Labute approximate surface area is 93.5 Å². The summed E-state index contributed by atoms with van der Waals surface area (Å²) < 4.78 is 18.4. The number of anilines is 1. The van der Waals surface area contributed by atoms with Gasteiger partial charge >= 0.3 is 0 Å². The highest BCUT2D eigenvalue weighted by Gasteiger charge is 2.10. The van der Waals surface area contributed by atoms with Crippen molar-refractivity contribution in [3.05, 3.63) is 36.4 Å². The van der Waals surface area contributed by atoms with Gasteiger partial charge in [-0.25, -0.2) is 4.39 Å². The van der Waals surface area contributed by atoms with Crippen molar-refractivity contribution in [3.63, 3.8) is 0 Å². The molecule has 0 saturated heterocycles. The van der Waals surface area contributed by atoms with Crippen LogP contribution in [0.2, 0.25) is 0 Å². The Hall–Kier alpha value is -1.71. The number of hydrogen-bond acceptors (Lipinski definition) is 3. The van der Waals surface area contributed by atoms with E-state index in [-0.39, 0.29) is 11.9 Å². The molecule has 16 heavy (non-hydrogen) atoms. The minimum absolute atomic E-state index is 0.127. The van der Waals surface area contributed by atoms with Crippen molar-refractivity contribution in [3.8, 4) is 5.75 Å². The molecule has 2 N–H and O–H groups in total. The first kappa shape index (κ1) is 10.8. The molecule has 0 amide bonds. The van der Waals surface area contributed by atoms with Crippen molar-refractivity contribution in [2.24, 2.45) is 0 Å². The highest BCUT2D eigenvalue weighted by molar-refractivity contribution is 5.46. The fourth-order valence-electron chi connectivity index (χ4n) is 1.58. The lowest BCUT2D eigenvalue weighted by Gasteiger charge is -2.20. The van der Waals surface area contributed by atoms with E-state index in [4.69, 9.17) is 9.84 Å². The van der Waals surface area contributed by atoms with Crippen molar-refractivity contribution < 1.29 is 14.2 Å². The fourth-order valence-corrected chi connectivity index (χ4v) is 1.58. The first-order chi connectivity index (χ1) is 7.75. The summed E-state index contributed by atoms with van der Waals surface area (Å²) >= 11 is 0. The zero-order chi connectivity index (χ0) is 11.4. The third-order valence-electron chi connectivity index (χ3n) is 2.50. The van der Waals surface area contributed by atoms with E-state index in [1.165, 1.54) is 12.1 Å². The third-order valence-corrected chi connectivity index (χ3v) is 2.50. The molecule has 1 heterocycles. The molecule has 1 unspecified atom stereocenters. The molecule has 4 heteroatoms. The molecular weight excluding hydrogens is 209 g/mol. The maximum atomic E-state index is 13.0. The van der Waals surface area contributed by atoms with Gasteiger partial charge in [0.05, 0.1) is 12.8 Å². The molecule has 0 aliphatic carbocycles. The zero-order valence-electron chi connectivity index (χ0n) is 8.82. The molecule has 0 aromatic heterocycles. The molecule has 0 fully saturated rings. The topological polar surface area (TPSA) is 41.5 Å². The fraction of sp³-hybridized carbons (Fsp3) is 0.333. The van der Waals surface area contributed by atoms with Crippen molar-refractivity contribution in [1.29, 1.82) is 0 Å². The van der Waals surface area contributed by atoms with E-state index in [9.17, 15) is 4.39 Å². The van der Waals surface area contributed by atoms with Crippen molar-refractivity contribution >= 4 is 5.69 Å². The van der Waals surface area contributed by atoms with Gasteiger partial charge in [-0.05, 0) is 31.1 Å². The van der Waals surface area contributed by atoms with Crippen molar-refractivity contribution in [1.82, 2.24) is 0 Å². The average molecular weight is 223 g/mol. The van der Waals surface area contributed by atoms with Gasteiger partial charge in [0, 0.05) is 11.8 Å². The normalized spacial score (nSPS) is 19.2. The minimum Gasteiger partial charge on any atom is -0.505 e. The van der Waals surface area contributed by atoms with E-state index in [1.54, 1.807) is 12.3 Å². The SMILES string of the molecule is Oc1ccc(NCC2CCC=CO2)cc1F. The van der Waals surface area contributed by atoms with Crippen LogP contribution < -0.4 is 5.32 Å². The van der Waals surface area contributed by atoms with E-state index in [0.717, 1.165) is 12.8 Å². The largest absolute Gasteiger partial charge is 0.505 e. The van der Waals surface area contributed by atoms with Gasteiger partial charge in [-0.3, -0.25) is 0 Å². The van der Waals surface area contributed by atoms with Crippen LogP contribution in [-0.4, -0.2) is 17.8 Å². The molecule has 1 aromatic rings. The van der Waals surface area contributed by atoms with Crippen LogP contribution in [0.3, 0.4) is 0 Å². The number of ether oxygens (including phenoxy) is 1. The Morgan fingerprint density at radius 2 is 2.38 bits per heavy atom. The standard InChI is InChI=1S/C12H14FNO2/c13-11-7-9(4-5-12(11)15)14-8-10-3-1-2-6-16-10/h2,4-7,10,14-15H,1,3,8H2.